The maximum atomic E-state index is 12.8. The number of unbranched alkanes of at least 4 members (excludes halogenated alkanes) is 2. The molecule has 14 nitrogen and oxygen atoms in total. The van der Waals surface area contributed by atoms with Crippen LogP contribution in [-0.4, -0.2) is 62.6 Å². The van der Waals surface area contributed by atoms with Crippen LogP contribution in [0, 0.1) is 0 Å². The smallest absolute Gasteiger partial charge is 0.463 e. The molecule has 0 spiro atoms. The lowest BCUT2D eigenvalue weighted by molar-refractivity contribution is -0.138. The van der Waals surface area contributed by atoms with Gasteiger partial charge in [0, 0.05) is 12.2 Å². The molecular weight excluding hydrogens is 813 g/mol. The monoisotopic (exact) mass is 882 g/mol. The number of benzene rings is 3. The van der Waals surface area contributed by atoms with Gasteiger partial charge in [-0.05, 0) is 104 Å². The first-order valence-corrected chi connectivity index (χ1v) is 21.6. The Labute approximate surface area is 374 Å². The number of aryl methyl sites for hydroxylation is 1. The van der Waals surface area contributed by atoms with Crippen LogP contribution in [0.15, 0.2) is 92.0 Å². The minimum atomic E-state index is -0.925. The van der Waals surface area contributed by atoms with Crippen molar-refractivity contribution in [3.63, 3.8) is 0 Å². The van der Waals surface area contributed by atoms with Gasteiger partial charge in [0.05, 0.1) is 37.6 Å². The van der Waals surface area contributed by atoms with Gasteiger partial charge in [-0.3, -0.25) is 0 Å². The predicted octanol–water partition coefficient (Wildman–Crippen LogP) is 12.3. The molecule has 0 atom stereocenters. The summed E-state index contributed by atoms with van der Waals surface area (Å²) in [6.07, 6.45) is 3.88. The third kappa shape index (κ3) is 28.7. The van der Waals surface area contributed by atoms with Crippen LogP contribution in [0.5, 0.6) is 23.0 Å². The SMILES string of the molecule is C=CC(=O)OCCCCOC(=O)Oc1ccc(C(=O)Oc2ccc(OC(=O)c3ccc(OC(=O)OCCCCOC(=O)C=C)cc3)c(CC)c2)cc1.CC.CC.CC.CC.CCC. The number of carbonyl (C=O) groups is 6. The second kappa shape index (κ2) is 40.9. The van der Waals surface area contributed by atoms with Crippen molar-refractivity contribution >= 4 is 36.2 Å². The molecule has 0 aliphatic rings. The normalized spacial score (nSPS) is 9.06. The lowest BCUT2D eigenvalue weighted by Gasteiger charge is -2.12. The summed E-state index contributed by atoms with van der Waals surface area (Å²) in [5.41, 5.74) is 0.977. The quantitative estimate of drug-likeness (QED) is 0.0277. The average molecular weight is 883 g/mol. The first-order chi connectivity index (χ1) is 30.5. The number of hydrogen-bond acceptors (Lipinski definition) is 14. The van der Waals surface area contributed by atoms with Gasteiger partial charge in [-0.1, -0.05) is 95.7 Å². The van der Waals surface area contributed by atoms with Gasteiger partial charge in [0.15, 0.2) is 0 Å². The van der Waals surface area contributed by atoms with Gasteiger partial charge in [-0.2, -0.15) is 0 Å². The average Bonchev–Trinajstić information content (AvgIpc) is 3.32. The summed E-state index contributed by atoms with van der Waals surface area (Å²) >= 11 is 0. The lowest BCUT2D eigenvalue weighted by atomic mass is 10.1. The number of rotatable bonds is 19. The maximum Gasteiger partial charge on any atom is 0.513 e. The van der Waals surface area contributed by atoms with Gasteiger partial charge in [0.1, 0.15) is 23.0 Å². The van der Waals surface area contributed by atoms with E-state index >= 15 is 0 Å². The molecule has 0 aliphatic heterocycles. The van der Waals surface area contributed by atoms with Crippen LogP contribution < -0.4 is 18.9 Å². The second-order valence-electron chi connectivity index (χ2n) is 11.2. The summed E-state index contributed by atoms with van der Waals surface area (Å²) in [4.78, 5) is 71.4. The Bertz CT molecular complexity index is 1730. The highest BCUT2D eigenvalue weighted by Gasteiger charge is 2.16. The Balaban J connectivity index is -0.00000300. The van der Waals surface area contributed by atoms with E-state index in [1.165, 1.54) is 67.1 Å². The van der Waals surface area contributed by atoms with Crippen molar-refractivity contribution < 1.29 is 66.7 Å². The summed E-state index contributed by atoms with van der Waals surface area (Å²) in [6, 6.07) is 15.9. The molecule has 3 aromatic rings. The fourth-order valence-electron chi connectivity index (χ4n) is 4.07. The molecule has 350 valence electrons. The Kier molecular flexibility index (Phi) is 39.6. The van der Waals surface area contributed by atoms with Crippen molar-refractivity contribution in [2.24, 2.45) is 0 Å². The largest absolute Gasteiger partial charge is 0.513 e. The number of esters is 4. The van der Waals surface area contributed by atoms with Gasteiger partial charge >= 0.3 is 36.2 Å². The molecule has 0 heterocycles. The fraction of sp³-hybridized carbons (Fsp3) is 0.429. The van der Waals surface area contributed by atoms with Crippen LogP contribution >= 0.6 is 0 Å². The topological polar surface area (TPSA) is 176 Å². The summed E-state index contributed by atoms with van der Waals surface area (Å²) in [7, 11) is 0. The zero-order valence-corrected chi connectivity index (χ0v) is 39.2. The summed E-state index contributed by atoms with van der Waals surface area (Å²) < 4.78 is 40.9. The maximum absolute atomic E-state index is 12.8. The third-order valence-corrected chi connectivity index (χ3v) is 6.75. The van der Waals surface area contributed by atoms with Crippen LogP contribution in [-0.2, 0) is 35.0 Å². The molecule has 0 aliphatic carbocycles. The molecule has 0 radical (unpaired) electrons. The number of carbonyl (C=O) groups excluding carboxylic acids is 6. The number of ether oxygens (including phenoxy) is 8. The zero-order valence-electron chi connectivity index (χ0n) is 39.2. The van der Waals surface area contributed by atoms with Crippen molar-refractivity contribution in [2.45, 2.75) is 115 Å². The summed E-state index contributed by atoms with van der Waals surface area (Å²) in [6.45, 7) is 29.2. The minimum Gasteiger partial charge on any atom is -0.463 e. The molecule has 0 bridgehead atoms. The van der Waals surface area contributed by atoms with Gasteiger partial charge in [-0.15, -0.1) is 0 Å². The molecule has 63 heavy (non-hydrogen) atoms. The molecule has 0 amide bonds. The molecule has 0 N–H and O–H groups in total. The Morgan fingerprint density at radius 2 is 0.794 bits per heavy atom. The van der Waals surface area contributed by atoms with Crippen LogP contribution in [0.1, 0.15) is 135 Å². The van der Waals surface area contributed by atoms with E-state index in [0.717, 1.165) is 12.2 Å². The van der Waals surface area contributed by atoms with Crippen LogP contribution in [0.3, 0.4) is 0 Å². The Morgan fingerprint density at radius 3 is 1.14 bits per heavy atom. The first kappa shape index (κ1) is 60.9. The highest BCUT2D eigenvalue weighted by Crippen LogP contribution is 2.27. The van der Waals surface area contributed by atoms with E-state index in [9.17, 15) is 28.8 Å². The zero-order chi connectivity index (χ0) is 48.4. The Hall–Kier alpha value is -6.44. The molecule has 3 aromatic carbocycles. The predicted molar refractivity (Wildman–Crippen MR) is 245 cm³/mol. The molecule has 0 unspecified atom stereocenters. The summed E-state index contributed by atoms with van der Waals surface area (Å²) in [5, 5.41) is 0. The molecule has 3 rings (SSSR count). The standard InChI is InChI=1S/C38H38O14.C3H8.4C2H6/c1-4-26-25-31(49-35(41)27-11-15-29(16-12-27)50-37(43)47-23-9-7-21-45-33(39)5-2)19-20-32(26)52-36(42)28-13-17-30(18-14-28)51-38(44)48-24-10-8-22-46-34(40)6-3;1-3-2;4*1-2/h5-6,11-20,25H,2-4,7-10,21-24H2,1H3;3H2,1-2H3;4*1-2H3. The van der Waals surface area contributed by atoms with Crippen molar-refractivity contribution in [1.29, 1.82) is 0 Å². The van der Waals surface area contributed by atoms with Gasteiger partial charge in [-0.25, -0.2) is 28.8 Å². The van der Waals surface area contributed by atoms with E-state index in [-0.39, 0.29) is 60.6 Å². The Morgan fingerprint density at radius 1 is 0.460 bits per heavy atom. The van der Waals surface area contributed by atoms with Crippen molar-refractivity contribution in [3.8, 4) is 23.0 Å². The molecule has 0 fully saturated rings. The minimum absolute atomic E-state index is 0.0669. The molecular formula is C49H70O14. The first-order valence-electron chi connectivity index (χ1n) is 21.6. The highest BCUT2D eigenvalue weighted by atomic mass is 16.7. The van der Waals surface area contributed by atoms with Crippen molar-refractivity contribution in [3.05, 3.63) is 109 Å². The van der Waals surface area contributed by atoms with E-state index in [4.69, 9.17) is 37.9 Å². The van der Waals surface area contributed by atoms with E-state index in [1.807, 2.05) is 62.3 Å². The molecule has 14 heteroatoms. The van der Waals surface area contributed by atoms with E-state index in [2.05, 4.69) is 27.0 Å². The van der Waals surface area contributed by atoms with Gasteiger partial charge in [0.25, 0.3) is 0 Å². The molecule has 0 saturated carbocycles. The van der Waals surface area contributed by atoms with E-state index < -0.39 is 36.2 Å². The number of hydrogen-bond donors (Lipinski definition) is 0. The van der Waals surface area contributed by atoms with Crippen LogP contribution in [0.4, 0.5) is 9.59 Å². The van der Waals surface area contributed by atoms with Crippen LogP contribution in [0.2, 0.25) is 0 Å². The molecule has 0 aromatic heterocycles. The highest BCUT2D eigenvalue weighted by molar-refractivity contribution is 5.92. The van der Waals surface area contributed by atoms with Gasteiger partial charge in [0.2, 0.25) is 0 Å². The van der Waals surface area contributed by atoms with E-state index in [0.29, 0.717) is 37.7 Å². The van der Waals surface area contributed by atoms with Crippen molar-refractivity contribution in [1.82, 2.24) is 0 Å². The second-order valence-corrected chi connectivity index (χ2v) is 11.2. The van der Waals surface area contributed by atoms with Crippen LogP contribution in [0.25, 0.3) is 0 Å². The van der Waals surface area contributed by atoms with Gasteiger partial charge < -0.3 is 37.9 Å². The fourth-order valence-corrected chi connectivity index (χ4v) is 4.07. The molecule has 0 saturated heterocycles. The lowest BCUT2D eigenvalue weighted by Crippen LogP contribution is -2.13. The third-order valence-electron chi connectivity index (χ3n) is 6.75. The van der Waals surface area contributed by atoms with E-state index in [1.54, 1.807) is 6.07 Å². The van der Waals surface area contributed by atoms with Crippen molar-refractivity contribution in [2.75, 3.05) is 26.4 Å². The summed E-state index contributed by atoms with van der Waals surface area (Å²) in [5.74, 6) is -1.60.